The van der Waals surface area contributed by atoms with Gasteiger partial charge in [-0.1, -0.05) is 11.2 Å². The van der Waals surface area contributed by atoms with Gasteiger partial charge in [0.25, 0.3) is 0 Å². The normalized spacial score (nSPS) is 11.2. The van der Waals surface area contributed by atoms with Gasteiger partial charge in [0.1, 0.15) is 11.4 Å². The van der Waals surface area contributed by atoms with Crippen molar-refractivity contribution in [2.75, 3.05) is 10.6 Å². The summed E-state index contributed by atoms with van der Waals surface area (Å²) in [7, 11) is 0. The number of carbonyl (C=O) groups excluding carboxylic acids is 2. The van der Waals surface area contributed by atoms with E-state index in [1.165, 1.54) is 23.5 Å². The smallest absolute Gasteiger partial charge is 0.412 e. The third-order valence-corrected chi connectivity index (χ3v) is 4.76. The van der Waals surface area contributed by atoms with Gasteiger partial charge in [-0.05, 0) is 56.8 Å². The molecule has 3 aromatic rings. The van der Waals surface area contributed by atoms with Crippen LogP contribution in [0.4, 0.5) is 20.6 Å². The van der Waals surface area contributed by atoms with Gasteiger partial charge < -0.3 is 14.6 Å². The van der Waals surface area contributed by atoms with E-state index < -0.39 is 17.5 Å². The first-order chi connectivity index (χ1) is 14.7. The third kappa shape index (κ3) is 6.88. The Balaban J connectivity index is 1.50. The molecule has 0 bridgehead atoms. The van der Waals surface area contributed by atoms with Gasteiger partial charge in [-0.2, -0.15) is 4.98 Å². The Morgan fingerprint density at radius 3 is 2.74 bits per heavy atom. The summed E-state index contributed by atoms with van der Waals surface area (Å²) in [6.07, 6.45) is 0.349. The second-order valence-corrected chi connectivity index (χ2v) is 8.66. The van der Waals surface area contributed by atoms with Gasteiger partial charge in [0, 0.05) is 18.5 Å². The van der Waals surface area contributed by atoms with Gasteiger partial charge in [0.15, 0.2) is 0 Å². The zero-order chi connectivity index (χ0) is 22.4. The standard InChI is InChI=1S/C21H23FN4O4S/c1-21(2,3)29-20(28)23-13-9-10-14(22)15(12-13)24-17(27)7-4-8-18-25-19(26-30-18)16-6-5-11-31-16/h5-6,9-12H,4,7-8H2,1-3H3,(H,23,28)(H,24,27). The van der Waals surface area contributed by atoms with Crippen LogP contribution in [0.25, 0.3) is 10.7 Å². The van der Waals surface area contributed by atoms with Crippen molar-refractivity contribution < 1.29 is 23.2 Å². The van der Waals surface area contributed by atoms with Crippen LogP contribution in [0, 0.1) is 5.82 Å². The number of anilines is 2. The first-order valence-corrected chi connectivity index (χ1v) is 10.5. The molecule has 0 atom stereocenters. The molecule has 0 aliphatic carbocycles. The zero-order valence-electron chi connectivity index (χ0n) is 17.4. The second-order valence-electron chi connectivity index (χ2n) is 7.71. The van der Waals surface area contributed by atoms with Crippen molar-refractivity contribution in [1.82, 2.24) is 10.1 Å². The Labute approximate surface area is 182 Å². The van der Waals surface area contributed by atoms with Gasteiger partial charge >= 0.3 is 6.09 Å². The Hall–Kier alpha value is -3.27. The predicted molar refractivity (Wildman–Crippen MR) is 115 cm³/mol. The van der Waals surface area contributed by atoms with Crippen molar-refractivity contribution in [1.29, 1.82) is 0 Å². The highest BCUT2D eigenvalue weighted by Crippen LogP contribution is 2.23. The van der Waals surface area contributed by atoms with Crippen LogP contribution in [-0.4, -0.2) is 27.7 Å². The number of aromatic nitrogens is 2. The lowest BCUT2D eigenvalue weighted by Crippen LogP contribution is -2.27. The molecule has 2 N–H and O–H groups in total. The largest absolute Gasteiger partial charge is 0.444 e. The number of hydrogen-bond acceptors (Lipinski definition) is 7. The van der Waals surface area contributed by atoms with Crippen LogP contribution in [0.5, 0.6) is 0 Å². The highest BCUT2D eigenvalue weighted by molar-refractivity contribution is 7.13. The van der Waals surface area contributed by atoms with E-state index in [9.17, 15) is 14.0 Å². The van der Waals surface area contributed by atoms with E-state index >= 15 is 0 Å². The van der Waals surface area contributed by atoms with E-state index in [1.54, 1.807) is 20.8 Å². The van der Waals surface area contributed by atoms with Crippen LogP contribution in [-0.2, 0) is 16.0 Å². The number of aryl methyl sites for hydroxylation is 1. The minimum atomic E-state index is -0.669. The second kappa shape index (κ2) is 9.69. The summed E-state index contributed by atoms with van der Waals surface area (Å²) in [6, 6.07) is 7.68. The first-order valence-electron chi connectivity index (χ1n) is 9.65. The number of benzene rings is 1. The number of ether oxygens (including phenoxy) is 1. The highest BCUT2D eigenvalue weighted by atomic mass is 32.1. The van der Waals surface area contributed by atoms with Crippen molar-refractivity contribution in [3.63, 3.8) is 0 Å². The fourth-order valence-corrected chi connectivity index (χ4v) is 3.24. The van der Waals surface area contributed by atoms with Gasteiger partial charge in [0.05, 0.1) is 10.6 Å². The Morgan fingerprint density at radius 1 is 1.23 bits per heavy atom. The van der Waals surface area contributed by atoms with E-state index in [0.29, 0.717) is 30.2 Å². The zero-order valence-corrected chi connectivity index (χ0v) is 18.2. The molecule has 0 radical (unpaired) electrons. The van der Waals surface area contributed by atoms with Crippen LogP contribution < -0.4 is 10.6 Å². The maximum atomic E-state index is 14.1. The van der Waals surface area contributed by atoms with Crippen LogP contribution in [0.2, 0.25) is 0 Å². The maximum absolute atomic E-state index is 14.1. The minimum absolute atomic E-state index is 0.0312. The van der Waals surface area contributed by atoms with Gasteiger partial charge in [-0.3, -0.25) is 10.1 Å². The van der Waals surface area contributed by atoms with Crippen molar-refractivity contribution in [2.45, 2.75) is 45.6 Å². The molecule has 0 saturated heterocycles. The number of hydrogen-bond donors (Lipinski definition) is 2. The molecular weight excluding hydrogens is 423 g/mol. The quantitative estimate of drug-likeness (QED) is 0.514. The molecule has 0 aliphatic rings. The molecule has 3 rings (SSSR count). The van der Waals surface area contributed by atoms with Crippen LogP contribution in [0.3, 0.4) is 0 Å². The summed E-state index contributed by atoms with van der Waals surface area (Å²) in [5.41, 5.74) is -0.390. The Kier molecular flexibility index (Phi) is 7.01. The average Bonchev–Trinajstić information content (AvgIpc) is 3.34. The van der Waals surface area contributed by atoms with Gasteiger partial charge in [-0.15, -0.1) is 11.3 Å². The lowest BCUT2D eigenvalue weighted by atomic mass is 10.2. The maximum Gasteiger partial charge on any atom is 0.412 e. The van der Waals surface area contributed by atoms with Crippen molar-refractivity contribution in [3.8, 4) is 10.7 Å². The molecular formula is C21H23FN4O4S. The minimum Gasteiger partial charge on any atom is -0.444 e. The highest BCUT2D eigenvalue weighted by Gasteiger charge is 2.17. The summed E-state index contributed by atoms with van der Waals surface area (Å²) in [5.74, 6) is -0.0244. The molecule has 8 nitrogen and oxygen atoms in total. The Bertz CT molecular complexity index is 1040. The summed E-state index contributed by atoms with van der Waals surface area (Å²) in [5, 5.41) is 10.9. The van der Waals surface area contributed by atoms with Crippen molar-refractivity contribution in [3.05, 3.63) is 47.4 Å². The lowest BCUT2D eigenvalue weighted by Gasteiger charge is -2.19. The number of nitrogens with one attached hydrogen (secondary N) is 2. The topological polar surface area (TPSA) is 106 Å². The molecule has 0 saturated carbocycles. The van der Waals surface area contributed by atoms with Gasteiger partial charge in [-0.25, -0.2) is 9.18 Å². The number of nitrogens with zero attached hydrogens (tertiary/aromatic N) is 2. The molecule has 0 unspecified atom stereocenters. The monoisotopic (exact) mass is 446 g/mol. The number of rotatable bonds is 7. The number of carbonyl (C=O) groups is 2. The van der Waals surface area contributed by atoms with E-state index in [-0.39, 0.29) is 18.0 Å². The molecule has 10 heteroatoms. The summed E-state index contributed by atoms with van der Waals surface area (Å²) in [6.45, 7) is 5.21. The first kappa shape index (κ1) is 22.4. The molecule has 0 fully saturated rings. The molecule has 0 aliphatic heterocycles. The summed E-state index contributed by atoms with van der Waals surface area (Å²) < 4.78 is 24.4. The number of halogens is 1. The van der Waals surface area contributed by atoms with E-state index in [1.807, 2.05) is 17.5 Å². The van der Waals surface area contributed by atoms with Crippen molar-refractivity contribution in [2.24, 2.45) is 0 Å². The lowest BCUT2D eigenvalue weighted by molar-refractivity contribution is -0.116. The average molecular weight is 447 g/mol. The molecule has 2 aromatic heterocycles. The molecule has 0 spiro atoms. The fraction of sp³-hybridized carbons (Fsp3) is 0.333. The van der Waals surface area contributed by atoms with E-state index in [2.05, 4.69) is 20.8 Å². The number of amides is 2. The van der Waals surface area contributed by atoms with E-state index in [4.69, 9.17) is 9.26 Å². The number of thiophene rings is 1. The third-order valence-electron chi connectivity index (χ3n) is 3.89. The SMILES string of the molecule is CC(C)(C)OC(=O)Nc1ccc(F)c(NC(=O)CCCc2nc(-c3cccs3)no2)c1. The van der Waals surface area contributed by atoms with E-state index in [0.717, 1.165) is 10.9 Å². The molecule has 164 valence electrons. The van der Waals surface area contributed by atoms with Crippen molar-refractivity contribution >= 4 is 34.7 Å². The van der Waals surface area contributed by atoms with Crippen LogP contribution in [0.15, 0.2) is 40.2 Å². The predicted octanol–water partition coefficient (Wildman–Crippen LogP) is 5.25. The van der Waals surface area contributed by atoms with Crippen LogP contribution in [0.1, 0.15) is 39.5 Å². The molecule has 31 heavy (non-hydrogen) atoms. The van der Waals surface area contributed by atoms with Gasteiger partial charge in [0.2, 0.25) is 17.6 Å². The summed E-state index contributed by atoms with van der Waals surface area (Å²) >= 11 is 1.51. The Morgan fingerprint density at radius 2 is 2.03 bits per heavy atom. The molecule has 2 amide bonds. The fourth-order valence-electron chi connectivity index (χ4n) is 2.60. The molecule has 2 heterocycles. The van der Waals surface area contributed by atoms with Crippen LogP contribution >= 0.6 is 11.3 Å². The molecule has 1 aromatic carbocycles. The summed E-state index contributed by atoms with van der Waals surface area (Å²) in [4.78, 5) is 29.3.